The molecule has 1 aromatic heterocycles. The summed E-state index contributed by atoms with van der Waals surface area (Å²) in [5.41, 5.74) is 5.66. The van der Waals surface area contributed by atoms with Crippen LogP contribution in [0.1, 0.15) is 5.56 Å². The molecule has 0 radical (unpaired) electrons. The lowest BCUT2D eigenvalue weighted by Crippen LogP contribution is -2.08. The van der Waals surface area contributed by atoms with Crippen LogP contribution in [0.15, 0.2) is 41.0 Å². The Morgan fingerprint density at radius 1 is 1.18 bits per heavy atom. The fourth-order valence-corrected chi connectivity index (χ4v) is 1.72. The van der Waals surface area contributed by atoms with Gasteiger partial charge in [-0.1, -0.05) is 15.9 Å². The van der Waals surface area contributed by atoms with Crippen LogP contribution in [0, 0.1) is 6.92 Å². The molecule has 0 amide bonds. The molecule has 0 aliphatic rings. The Kier molecular flexibility index (Phi) is 3.61. The number of benzene rings is 1. The molecule has 1 aromatic carbocycles. The third-order valence-corrected chi connectivity index (χ3v) is 3.24. The normalized spacial score (nSPS) is 10.1. The number of hydrogen-bond donors (Lipinski definition) is 3. The lowest BCUT2D eigenvalue weighted by atomic mass is 10.2. The maximum absolute atomic E-state index is 5.31. The highest BCUT2D eigenvalue weighted by Gasteiger charge is 1.99. The van der Waals surface area contributed by atoms with Crippen LogP contribution in [0.2, 0.25) is 0 Å². The molecule has 1 heterocycles. The summed E-state index contributed by atoms with van der Waals surface area (Å²) in [5.74, 6) is 5.94. The first-order chi connectivity index (χ1) is 8.19. The zero-order valence-electron chi connectivity index (χ0n) is 9.37. The number of aryl methyl sites for hydroxylation is 1. The SMILES string of the molecule is Cc1cc(Nc2ccnc(NN)c2)ccc1Br. The van der Waals surface area contributed by atoms with Gasteiger partial charge in [-0.15, -0.1) is 0 Å². The van der Waals surface area contributed by atoms with Gasteiger partial charge < -0.3 is 10.7 Å². The van der Waals surface area contributed by atoms with E-state index in [1.54, 1.807) is 6.20 Å². The highest BCUT2D eigenvalue weighted by molar-refractivity contribution is 9.10. The molecule has 0 spiro atoms. The quantitative estimate of drug-likeness (QED) is 0.601. The summed E-state index contributed by atoms with van der Waals surface area (Å²) in [6.07, 6.45) is 1.70. The number of rotatable bonds is 3. The Hall–Kier alpha value is -1.59. The maximum Gasteiger partial charge on any atom is 0.141 e. The Bertz CT molecular complexity index is 528. The number of hydrogen-bond acceptors (Lipinski definition) is 4. The van der Waals surface area contributed by atoms with Crippen molar-refractivity contribution in [2.24, 2.45) is 5.84 Å². The number of nitrogens with two attached hydrogens (primary N) is 1. The van der Waals surface area contributed by atoms with E-state index in [4.69, 9.17) is 5.84 Å². The number of halogens is 1. The van der Waals surface area contributed by atoms with Gasteiger partial charge >= 0.3 is 0 Å². The highest BCUT2D eigenvalue weighted by Crippen LogP contribution is 2.23. The monoisotopic (exact) mass is 292 g/mol. The van der Waals surface area contributed by atoms with E-state index in [0.29, 0.717) is 5.82 Å². The van der Waals surface area contributed by atoms with Crippen LogP contribution in [0.4, 0.5) is 17.2 Å². The molecule has 0 unspecified atom stereocenters. The van der Waals surface area contributed by atoms with E-state index >= 15 is 0 Å². The molecular weight excluding hydrogens is 280 g/mol. The first-order valence-electron chi connectivity index (χ1n) is 5.15. The third kappa shape index (κ3) is 2.95. The van der Waals surface area contributed by atoms with Gasteiger partial charge in [0.05, 0.1) is 0 Å². The van der Waals surface area contributed by atoms with Crippen molar-refractivity contribution in [3.05, 3.63) is 46.6 Å². The van der Waals surface area contributed by atoms with E-state index in [9.17, 15) is 0 Å². The molecule has 4 nitrogen and oxygen atoms in total. The predicted octanol–water partition coefficient (Wildman–Crippen LogP) is 3.18. The number of nitrogen functional groups attached to an aromatic ring is 1. The molecule has 0 atom stereocenters. The largest absolute Gasteiger partial charge is 0.355 e. The lowest BCUT2D eigenvalue weighted by molar-refractivity contribution is 1.23. The summed E-state index contributed by atoms with van der Waals surface area (Å²) in [6, 6.07) is 9.82. The van der Waals surface area contributed by atoms with Gasteiger partial charge in [0.25, 0.3) is 0 Å². The molecule has 0 saturated heterocycles. The molecule has 0 fully saturated rings. The van der Waals surface area contributed by atoms with Crippen LogP contribution >= 0.6 is 15.9 Å². The van der Waals surface area contributed by atoms with Crippen molar-refractivity contribution in [1.29, 1.82) is 0 Å². The standard InChI is InChI=1S/C12H13BrN4/c1-8-6-9(2-3-11(8)13)16-10-4-5-15-12(7-10)17-14/h2-7H,14H2,1H3,(H2,15,16,17). The number of hydrazine groups is 1. The molecule has 17 heavy (non-hydrogen) atoms. The predicted molar refractivity (Wildman–Crippen MR) is 74.2 cm³/mol. The van der Waals surface area contributed by atoms with Crippen molar-refractivity contribution in [2.75, 3.05) is 10.7 Å². The van der Waals surface area contributed by atoms with Crippen molar-refractivity contribution in [1.82, 2.24) is 4.98 Å². The fraction of sp³-hybridized carbons (Fsp3) is 0.0833. The summed E-state index contributed by atoms with van der Waals surface area (Å²) >= 11 is 3.47. The van der Waals surface area contributed by atoms with Gasteiger partial charge in [0.1, 0.15) is 5.82 Å². The van der Waals surface area contributed by atoms with Crippen molar-refractivity contribution >= 4 is 33.1 Å². The molecule has 0 saturated carbocycles. The summed E-state index contributed by atoms with van der Waals surface area (Å²) in [7, 11) is 0. The van der Waals surface area contributed by atoms with Crippen molar-refractivity contribution < 1.29 is 0 Å². The first kappa shape index (κ1) is 11.9. The fourth-order valence-electron chi connectivity index (χ4n) is 1.48. The number of nitrogens with zero attached hydrogens (tertiary/aromatic N) is 1. The maximum atomic E-state index is 5.31. The van der Waals surface area contributed by atoms with Crippen molar-refractivity contribution in [2.45, 2.75) is 6.92 Å². The summed E-state index contributed by atoms with van der Waals surface area (Å²) in [4.78, 5) is 4.05. The van der Waals surface area contributed by atoms with Crippen LogP contribution in [0.3, 0.4) is 0 Å². The van der Waals surface area contributed by atoms with Gasteiger partial charge in [-0.3, -0.25) is 0 Å². The molecule has 5 heteroatoms. The second-order valence-electron chi connectivity index (χ2n) is 3.66. The molecule has 0 bridgehead atoms. The number of aromatic nitrogens is 1. The molecule has 4 N–H and O–H groups in total. The van der Waals surface area contributed by atoms with E-state index in [1.165, 1.54) is 5.56 Å². The zero-order valence-corrected chi connectivity index (χ0v) is 11.0. The van der Waals surface area contributed by atoms with Crippen LogP contribution < -0.4 is 16.6 Å². The minimum atomic E-state index is 0.629. The Morgan fingerprint density at radius 2 is 1.94 bits per heavy atom. The van der Waals surface area contributed by atoms with E-state index in [1.807, 2.05) is 24.3 Å². The average Bonchev–Trinajstić information content (AvgIpc) is 2.34. The highest BCUT2D eigenvalue weighted by atomic mass is 79.9. The first-order valence-corrected chi connectivity index (χ1v) is 5.94. The van der Waals surface area contributed by atoms with Crippen LogP contribution in [-0.4, -0.2) is 4.98 Å². The Labute approximate surface area is 108 Å². The van der Waals surface area contributed by atoms with Crippen molar-refractivity contribution in [3.63, 3.8) is 0 Å². The molecule has 88 valence electrons. The Balaban J connectivity index is 2.22. The number of anilines is 3. The van der Waals surface area contributed by atoms with Gasteiger partial charge in [0.15, 0.2) is 0 Å². The van der Waals surface area contributed by atoms with Crippen molar-refractivity contribution in [3.8, 4) is 0 Å². The van der Waals surface area contributed by atoms with Crippen LogP contribution in [0.25, 0.3) is 0 Å². The Morgan fingerprint density at radius 3 is 2.65 bits per heavy atom. The zero-order chi connectivity index (χ0) is 12.3. The minimum Gasteiger partial charge on any atom is -0.355 e. The molecule has 0 aliphatic carbocycles. The average molecular weight is 293 g/mol. The van der Waals surface area contributed by atoms with E-state index < -0.39 is 0 Å². The summed E-state index contributed by atoms with van der Waals surface area (Å²) < 4.78 is 1.10. The second kappa shape index (κ2) is 5.16. The van der Waals surface area contributed by atoms with E-state index in [0.717, 1.165) is 15.8 Å². The second-order valence-corrected chi connectivity index (χ2v) is 4.52. The molecule has 0 aliphatic heterocycles. The van der Waals surface area contributed by atoms with Gasteiger partial charge in [0, 0.05) is 28.1 Å². The molecular formula is C12H13BrN4. The van der Waals surface area contributed by atoms with Gasteiger partial charge in [0.2, 0.25) is 0 Å². The minimum absolute atomic E-state index is 0.629. The molecule has 2 aromatic rings. The third-order valence-electron chi connectivity index (χ3n) is 2.35. The smallest absolute Gasteiger partial charge is 0.141 e. The van der Waals surface area contributed by atoms with Gasteiger partial charge in [-0.2, -0.15) is 0 Å². The van der Waals surface area contributed by atoms with E-state index in [2.05, 4.69) is 44.6 Å². The number of pyridine rings is 1. The van der Waals surface area contributed by atoms with Crippen LogP contribution in [0.5, 0.6) is 0 Å². The topological polar surface area (TPSA) is 63.0 Å². The van der Waals surface area contributed by atoms with E-state index in [-0.39, 0.29) is 0 Å². The molecule has 2 rings (SSSR count). The number of nitrogens with one attached hydrogen (secondary N) is 2. The summed E-state index contributed by atoms with van der Waals surface area (Å²) in [5, 5.41) is 3.29. The van der Waals surface area contributed by atoms with Crippen LogP contribution in [-0.2, 0) is 0 Å². The summed E-state index contributed by atoms with van der Waals surface area (Å²) in [6.45, 7) is 2.05. The lowest BCUT2D eigenvalue weighted by Gasteiger charge is -2.09. The van der Waals surface area contributed by atoms with Gasteiger partial charge in [-0.05, 0) is 36.8 Å². The van der Waals surface area contributed by atoms with Gasteiger partial charge in [-0.25, -0.2) is 10.8 Å².